The van der Waals surface area contributed by atoms with Gasteiger partial charge in [0.25, 0.3) is 5.91 Å². The first-order valence-corrected chi connectivity index (χ1v) is 7.95. The van der Waals surface area contributed by atoms with Crippen molar-refractivity contribution >= 4 is 11.8 Å². The molecule has 1 aromatic carbocycles. The summed E-state index contributed by atoms with van der Waals surface area (Å²) in [5.41, 5.74) is 0.898. The Morgan fingerprint density at radius 3 is 2.88 bits per heavy atom. The maximum Gasteiger partial charge on any atom is 0.290 e. The molecule has 0 bridgehead atoms. The van der Waals surface area contributed by atoms with Gasteiger partial charge in [0.1, 0.15) is 11.8 Å². The second-order valence-corrected chi connectivity index (χ2v) is 5.66. The Morgan fingerprint density at radius 1 is 1.29 bits per heavy atom. The van der Waals surface area contributed by atoms with Crippen molar-refractivity contribution in [3.8, 4) is 5.75 Å². The molecule has 1 aliphatic rings. The number of carbonyl (C=O) groups excluding carboxylic acids is 2. The maximum atomic E-state index is 12.5. The molecule has 0 radical (unpaired) electrons. The van der Waals surface area contributed by atoms with Crippen LogP contribution < -0.4 is 10.1 Å². The monoisotopic (exact) mass is 328 g/mol. The average Bonchev–Trinajstić information content (AvgIpc) is 3.30. The zero-order valence-corrected chi connectivity index (χ0v) is 13.5. The third-order valence-corrected chi connectivity index (χ3v) is 4.19. The van der Waals surface area contributed by atoms with Crippen LogP contribution in [0.15, 0.2) is 47.1 Å². The Bertz CT molecular complexity index is 712. The highest BCUT2D eigenvalue weighted by molar-refractivity contribution is 5.95. The van der Waals surface area contributed by atoms with Crippen molar-refractivity contribution in [2.75, 3.05) is 13.7 Å². The fourth-order valence-electron chi connectivity index (χ4n) is 2.97. The van der Waals surface area contributed by atoms with Crippen molar-refractivity contribution in [3.05, 3.63) is 54.0 Å². The Hall–Kier alpha value is -2.76. The lowest BCUT2D eigenvalue weighted by Crippen LogP contribution is -2.45. The van der Waals surface area contributed by atoms with Gasteiger partial charge in [0, 0.05) is 18.7 Å². The van der Waals surface area contributed by atoms with Crippen molar-refractivity contribution < 1.29 is 18.7 Å². The molecule has 2 aromatic rings. The van der Waals surface area contributed by atoms with Crippen LogP contribution in [0.4, 0.5) is 0 Å². The summed E-state index contributed by atoms with van der Waals surface area (Å²) in [5.74, 6) is 0.598. The molecule has 6 heteroatoms. The van der Waals surface area contributed by atoms with Crippen LogP contribution in [0, 0.1) is 0 Å². The molecule has 3 rings (SSSR count). The van der Waals surface area contributed by atoms with Crippen LogP contribution >= 0.6 is 0 Å². The van der Waals surface area contributed by atoms with E-state index in [1.54, 1.807) is 24.1 Å². The van der Waals surface area contributed by atoms with Gasteiger partial charge in [-0.1, -0.05) is 18.2 Å². The summed E-state index contributed by atoms with van der Waals surface area (Å²) in [7, 11) is 1.60. The molecule has 2 amide bonds. The molecule has 0 aliphatic carbocycles. The highest BCUT2D eigenvalue weighted by atomic mass is 16.5. The summed E-state index contributed by atoms with van der Waals surface area (Å²) >= 11 is 0. The van der Waals surface area contributed by atoms with Gasteiger partial charge in [0.05, 0.1) is 13.4 Å². The van der Waals surface area contributed by atoms with Crippen molar-refractivity contribution in [1.29, 1.82) is 0 Å². The van der Waals surface area contributed by atoms with Crippen molar-refractivity contribution in [2.24, 2.45) is 0 Å². The Kier molecular flexibility index (Phi) is 4.84. The summed E-state index contributed by atoms with van der Waals surface area (Å²) in [6.07, 6.45) is 2.92. The number of rotatable bonds is 5. The number of amides is 2. The first kappa shape index (κ1) is 16.1. The van der Waals surface area contributed by atoms with Crippen LogP contribution in [0.2, 0.25) is 0 Å². The molecule has 1 aliphatic heterocycles. The number of furan rings is 1. The molecule has 0 saturated carbocycles. The number of ether oxygens (including phenoxy) is 1. The molecule has 2 heterocycles. The second-order valence-electron chi connectivity index (χ2n) is 5.66. The number of hydrogen-bond donors (Lipinski definition) is 1. The topological polar surface area (TPSA) is 71.8 Å². The van der Waals surface area contributed by atoms with Crippen molar-refractivity contribution in [1.82, 2.24) is 10.2 Å². The van der Waals surface area contributed by atoms with E-state index in [2.05, 4.69) is 5.32 Å². The van der Waals surface area contributed by atoms with E-state index in [1.807, 2.05) is 24.3 Å². The molecule has 1 saturated heterocycles. The minimum Gasteiger partial charge on any atom is -0.496 e. The third kappa shape index (κ3) is 3.27. The van der Waals surface area contributed by atoms with Gasteiger partial charge in [-0.05, 0) is 31.0 Å². The van der Waals surface area contributed by atoms with Crippen LogP contribution in [0.3, 0.4) is 0 Å². The standard InChI is InChI=1S/C18H20N2O4/c1-23-15-8-3-2-6-13(15)12-19-17(21)14-7-4-10-20(14)18(22)16-9-5-11-24-16/h2-3,5-6,8-9,11,14H,4,7,10,12H2,1H3,(H,19,21). The largest absolute Gasteiger partial charge is 0.496 e. The van der Waals surface area contributed by atoms with Crippen LogP contribution in [0.1, 0.15) is 29.0 Å². The van der Waals surface area contributed by atoms with Gasteiger partial charge < -0.3 is 19.4 Å². The summed E-state index contributed by atoms with van der Waals surface area (Å²) < 4.78 is 10.4. The van der Waals surface area contributed by atoms with E-state index in [0.29, 0.717) is 19.5 Å². The Morgan fingerprint density at radius 2 is 2.12 bits per heavy atom. The first-order valence-electron chi connectivity index (χ1n) is 7.95. The highest BCUT2D eigenvalue weighted by Gasteiger charge is 2.35. The minimum atomic E-state index is -0.461. The van der Waals surface area contributed by atoms with E-state index in [0.717, 1.165) is 17.7 Å². The minimum absolute atomic E-state index is 0.154. The van der Waals surface area contributed by atoms with Gasteiger partial charge in [-0.15, -0.1) is 0 Å². The lowest BCUT2D eigenvalue weighted by molar-refractivity contribution is -0.125. The number of para-hydroxylation sites is 1. The van der Waals surface area contributed by atoms with E-state index in [-0.39, 0.29) is 17.6 Å². The van der Waals surface area contributed by atoms with Gasteiger partial charge in [-0.2, -0.15) is 0 Å². The predicted octanol–water partition coefficient (Wildman–Crippen LogP) is 2.21. The fourth-order valence-corrected chi connectivity index (χ4v) is 2.97. The van der Waals surface area contributed by atoms with Gasteiger partial charge in [-0.25, -0.2) is 0 Å². The predicted molar refractivity (Wildman–Crippen MR) is 87.6 cm³/mol. The number of benzene rings is 1. The number of carbonyl (C=O) groups is 2. The first-order chi connectivity index (χ1) is 11.7. The number of likely N-dealkylation sites (tertiary alicyclic amines) is 1. The molecule has 126 valence electrons. The number of nitrogens with zero attached hydrogens (tertiary/aromatic N) is 1. The molecule has 6 nitrogen and oxygen atoms in total. The zero-order valence-electron chi connectivity index (χ0n) is 13.5. The molecule has 1 atom stereocenters. The fraction of sp³-hybridized carbons (Fsp3) is 0.333. The SMILES string of the molecule is COc1ccccc1CNC(=O)C1CCCN1C(=O)c1ccco1. The van der Waals surface area contributed by atoms with Crippen LogP contribution in [0.25, 0.3) is 0 Å². The van der Waals surface area contributed by atoms with E-state index < -0.39 is 6.04 Å². The van der Waals surface area contributed by atoms with Crippen molar-refractivity contribution in [3.63, 3.8) is 0 Å². The highest BCUT2D eigenvalue weighted by Crippen LogP contribution is 2.21. The molecular formula is C18H20N2O4. The van der Waals surface area contributed by atoms with E-state index in [9.17, 15) is 9.59 Å². The lowest BCUT2D eigenvalue weighted by atomic mass is 10.1. The molecule has 1 fully saturated rings. The lowest BCUT2D eigenvalue weighted by Gasteiger charge is -2.23. The normalized spacial score (nSPS) is 16.9. The van der Waals surface area contributed by atoms with E-state index >= 15 is 0 Å². The van der Waals surface area contributed by atoms with E-state index in [1.165, 1.54) is 6.26 Å². The van der Waals surface area contributed by atoms with Crippen LogP contribution in [-0.4, -0.2) is 36.4 Å². The third-order valence-electron chi connectivity index (χ3n) is 4.19. The number of hydrogen-bond acceptors (Lipinski definition) is 4. The molecule has 1 aromatic heterocycles. The molecule has 24 heavy (non-hydrogen) atoms. The zero-order chi connectivity index (χ0) is 16.9. The molecule has 1 N–H and O–H groups in total. The van der Waals surface area contributed by atoms with Gasteiger partial charge in [0.15, 0.2) is 5.76 Å². The van der Waals surface area contributed by atoms with Gasteiger partial charge in [0.2, 0.25) is 5.91 Å². The van der Waals surface area contributed by atoms with Gasteiger partial charge >= 0.3 is 0 Å². The van der Waals surface area contributed by atoms with Crippen LogP contribution in [0.5, 0.6) is 5.75 Å². The van der Waals surface area contributed by atoms with Crippen LogP contribution in [-0.2, 0) is 11.3 Å². The molecule has 1 unspecified atom stereocenters. The number of methoxy groups -OCH3 is 1. The van der Waals surface area contributed by atoms with Crippen molar-refractivity contribution in [2.45, 2.75) is 25.4 Å². The Labute approximate surface area is 140 Å². The second kappa shape index (κ2) is 7.21. The van der Waals surface area contributed by atoms with Gasteiger partial charge in [-0.3, -0.25) is 9.59 Å². The molecule has 0 spiro atoms. The Balaban J connectivity index is 1.64. The summed E-state index contributed by atoms with van der Waals surface area (Å²) in [5, 5.41) is 2.90. The summed E-state index contributed by atoms with van der Waals surface area (Å²) in [4.78, 5) is 26.5. The average molecular weight is 328 g/mol. The molecular weight excluding hydrogens is 308 g/mol. The quantitative estimate of drug-likeness (QED) is 0.913. The summed E-state index contributed by atoms with van der Waals surface area (Å²) in [6.45, 7) is 0.925. The van der Waals surface area contributed by atoms with E-state index in [4.69, 9.17) is 9.15 Å². The maximum absolute atomic E-state index is 12.5. The number of nitrogens with one attached hydrogen (secondary N) is 1. The summed E-state index contributed by atoms with van der Waals surface area (Å²) in [6, 6.07) is 10.3. The smallest absolute Gasteiger partial charge is 0.290 e.